The van der Waals surface area contributed by atoms with Gasteiger partial charge < -0.3 is 11.1 Å². The van der Waals surface area contributed by atoms with Crippen molar-refractivity contribution in [3.8, 4) is 6.07 Å². The molecule has 3 N–H and O–H groups in total. The van der Waals surface area contributed by atoms with Gasteiger partial charge in [0.05, 0.1) is 11.3 Å². The maximum absolute atomic E-state index is 11.9. The van der Waals surface area contributed by atoms with Crippen molar-refractivity contribution in [1.29, 1.82) is 5.26 Å². The van der Waals surface area contributed by atoms with Gasteiger partial charge in [-0.1, -0.05) is 42.5 Å². The van der Waals surface area contributed by atoms with Gasteiger partial charge in [0, 0.05) is 12.5 Å². The van der Waals surface area contributed by atoms with E-state index in [1.165, 1.54) is 0 Å². The van der Waals surface area contributed by atoms with Crippen LogP contribution < -0.4 is 11.1 Å². The van der Waals surface area contributed by atoms with Crippen molar-refractivity contribution < 1.29 is 4.79 Å². The highest BCUT2D eigenvalue weighted by atomic mass is 16.1. The molecule has 0 saturated heterocycles. The predicted octanol–water partition coefficient (Wildman–Crippen LogP) is 2.98. The first-order chi connectivity index (χ1) is 10.2. The summed E-state index contributed by atoms with van der Waals surface area (Å²) in [6.45, 7) is 0. The lowest BCUT2D eigenvalue weighted by atomic mass is 10.0. The van der Waals surface area contributed by atoms with Crippen LogP contribution in [0.5, 0.6) is 0 Å². The zero-order valence-electron chi connectivity index (χ0n) is 11.6. The Labute approximate surface area is 124 Å². The van der Waals surface area contributed by atoms with Gasteiger partial charge in [0.25, 0.3) is 0 Å². The second kappa shape index (κ2) is 7.22. The number of carbonyl (C=O) groups excluding carboxylic acids is 1. The number of amides is 1. The van der Waals surface area contributed by atoms with Crippen molar-refractivity contribution in [3.63, 3.8) is 0 Å². The van der Waals surface area contributed by atoms with Gasteiger partial charge in [-0.2, -0.15) is 5.26 Å². The van der Waals surface area contributed by atoms with Crippen molar-refractivity contribution in [3.05, 3.63) is 65.7 Å². The number of rotatable bonds is 5. The fourth-order valence-electron chi connectivity index (χ4n) is 2.06. The van der Waals surface area contributed by atoms with Gasteiger partial charge in [0.1, 0.15) is 6.07 Å². The molecule has 1 unspecified atom stereocenters. The Morgan fingerprint density at radius 2 is 1.81 bits per heavy atom. The molecule has 4 heteroatoms. The number of nitrogens with zero attached hydrogens (tertiary/aromatic N) is 1. The summed E-state index contributed by atoms with van der Waals surface area (Å²) in [5, 5.41) is 11.7. The molecule has 0 aliphatic heterocycles. The topological polar surface area (TPSA) is 78.9 Å². The van der Waals surface area contributed by atoms with Crippen LogP contribution in [0.1, 0.15) is 30.0 Å². The molecule has 21 heavy (non-hydrogen) atoms. The lowest BCUT2D eigenvalue weighted by molar-refractivity contribution is -0.116. The van der Waals surface area contributed by atoms with Gasteiger partial charge in [-0.05, 0) is 24.1 Å². The highest BCUT2D eigenvalue weighted by Crippen LogP contribution is 2.17. The minimum Gasteiger partial charge on any atom is -0.325 e. The van der Waals surface area contributed by atoms with Crippen molar-refractivity contribution in [2.24, 2.45) is 5.73 Å². The van der Waals surface area contributed by atoms with Crippen LogP contribution in [0.4, 0.5) is 5.69 Å². The molecule has 2 aromatic carbocycles. The molecule has 0 radical (unpaired) electrons. The molecule has 0 heterocycles. The molecule has 2 rings (SSSR count). The first-order valence-electron chi connectivity index (χ1n) is 6.80. The summed E-state index contributed by atoms with van der Waals surface area (Å²) < 4.78 is 0. The minimum absolute atomic E-state index is 0.135. The first kappa shape index (κ1) is 14.8. The van der Waals surface area contributed by atoms with Crippen molar-refractivity contribution in [2.75, 3.05) is 5.32 Å². The van der Waals surface area contributed by atoms with E-state index in [4.69, 9.17) is 11.0 Å². The highest BCUT2D eigenvalue weighted by molar-refractivity contribution is 5.92. The molecule has 0 bridgehead atoms. The monoisotopic (exact) mass is 279 g/mol. The Morgan fingerprint density at radius 3 is 2.52 bits per heavy atom. The molecule has 0 spiro atoms. The molecule has 1 amide bonds. The zero-order chi connectivity index (χ0) is 15.1. The molecular weight excluding hydrogens is 262 g/mol. The number of carbonyl (C=O) groups is 1. The van der Waals surface area contributed by atoms with Gasteiger partial charge in [-0.25, -0.2) is 0 Å². The third-order valence-corrected chi connectivity index (χ3v) is 3.23. The van der Waals surface area contributed by atoms with E-state index in [9.17, 15) is 4.79 Å². The van der Waals surface area contributed by atoms with E-state index < -0.39 is 0 Å². The van der Waals surface area contributed by atoms with Gasteiger partial charge in [0.15, 0.2) is 0 Å². The van der Waals surface area contributed by atoms with E-state index in [-0.39, 0.29) is 11.9 Å². The number of nitrogens with one attached hydrogen (secondary N) is 1. The molecule has 0 saturated carbocycles. The Balaban J connectivity index is 1.90. The van der Waals surface area contributed by atoms with Crippen LogP contribution in [0.2, 0.25) is 0 Å². The average molecular weight is 279 g/mol. The molecule has 106 valence electrons. The van der Waals surface area contributed by atoms with Crippen LogP contribution >= 0.6 is 0 Å². The molecule has 1 atom stereocenters. The first-order valence-corrected chi connectivity index (χ1v) is 6.80. The number of para-hydroxylation sites is 1. The van der Waals surface area contributed by atoms with E-state index in [1.807, 2.05) is 30.3 Å². The van der Waals surface area contributed by atoms with E-state index in [0.29, 0.717) is 24.1 Å². The zero-order valence-corrected chi connectivity index (χ0v) is 11.6. The maximum Gasteiger partial charge on any atom is 0.224 e. The minimum atomic E-state index is -0.164. The van der Waals surface area contributed by atoms with Crippen molar-refractivity contribution in [2.45, 2.75) is 18.9 Å². The van der Waals surface area contributed by atoms with Crippen molar-refractivity contribution >= 4 is 11.6 Å². The molecule has 0 fully saturated rings. The number of hydrogen-bond acceptors (Lipinski definition) is 3. The molecule has 4 nitrogen and oxygen atoms in total. The van der Waals surface area contributed by atoms with Crippen LogP contribution in [0.3, 0.4) is 0 Å². The van der Waals surface area contributed by atoms with Gasteiger partial charge in [-0.3, -0.25) is 4.79 Å². The van der Waals surface area contributed by atoms with E-state index in [0.717, 1.165) is 5.56 Å². The Kier molecular flexibility index (Phi) is 5.08. The van der Waals surface area contributed by atoms with E-state index >= 15 is 0 Å². The summed E-state index contributed by atoms with van der Waals surface area (Å²) in [4.78, 5) is 11.9. The Bertz CT molecular complexity index is 647. The largest absolute Gasteiger partial charge is 0.325 e. The summed E-state index contributed by atoms with van der Waals surface area (Å²) in [6, 6.07) is 18.5. The number of nitriles is 1. The lowest BCUT2D eigenvalue weighted by Crippen LogP contribution is -2.17. The van der Waals surface area contributed by atoms with E-state index in [1.54, 1.807) is 24.3 Å². The van der Waals surface area contributed by atoms with Crippen LogP contribution in [-0.4, -0.2) is 5.91 Å². The fourth-order valence-corrected chi connectivity index (χ4v) is 2.06. The summed E-state index contributed by atoms with van der Waals surface area (Å²) >= 11 is 0. The molecule has 2 aromatic rings. The third-order valence-electron chi connectivity index (χ3n) is 3.23. The Morgan fingerprint density at radius 1 is 1.14 bits per heavy atom. The number of nitrogens with two attached hydrogens (primary N) is 1. The normalized spacial score (nSPS) is 11.4. The average Bonchev–Trinajstić information content (AvgIpc) is 2.54. The maximum atomic E-state index is 11.9. The number of hydrogen-bond donors (Lipinski definition) is 2. The predicted molar refractivity (Wildman–Crippen MR) is 82.4 cm³/mol. The number of benzene rings is 2. The van der Waals surface area contributed by atoms with Gasteiger partial charge in [0.2, 0.25) is 5.91 Å². The van der Waals surface area contributed by atoms with Crippen LogP contribution in [0, 0.1) is 11.3 Å². The second-order valence-corrected chi connectivity index (χ2v) is 4.76. The van der Waals surface area contributed by atoms with Crippen LogP contribution in [0.15, 0.2) is 54.6 Å². The van der Waals surface area contributed by atoms with Crippen LogP contribution in [0.25, 0.3) is 0 Å². The number of anilines is 1. The standard InChI is InChI=1S/C17H17N3O/c18-12-14-8-4-5-9-16(14)20-17(21)11-10-15(19)13-6-2-1-3-7-13/h1-9,15H,10-11,19H2,(H,20,21). The van der Waals surface area contributed by atoms with Crippen LogP contribution in [-0.2, 0) is 4.79 Å². The third kappa shape index (κ3) is 4.16. The molecule has 0 aliphatic carbocycles. The SMILES string of the molecule is N#Cc1ccccc1NC(=O)CCC(N)c1ccccc1. The molecule has 0 aromatic heterocycles. The van der Waals surface area contributed by atoms with Crippen molar-refractivity contribution in [1.82, 2.24) is 0 Å². The fraction of sp³-hybridized carbons (Fsp3) is 0.176. The van der Waals surface area contributed by atoms with Gasteiger partial charge >= 0.3 is 0 Å². The Hall–Kier alpha value is -2.64. The second-order valence-electron chi connectivity index (χ2n) is 4.76. The summed E-state index contributed by atoms with van der Waals surface area (Å²) in [5.41, 5.74) is 8.07. The summed E-state index contributed by atoms with van der Waals surface area (Å²) in [7, 11) is 0. The lowest BCUT2D eigenvalue weighted by Gasteiger charge is -2.12. The van der Waals surface area contributed by atoms with Gasteiger partial charge in [-0.15, -0.1) is 0 Å². The van der Waals surface area contributed by atoms with E-state index in [2.05, 4.69) is 11.4 Å². The summed E-state index contributed by atoms with van der Waals surface area (Å²) in [5.74, 6) is -0.135. The highest BCUT2D eigenvalue weighted by Gasteiger charge is 2.10. The summed E-state index contributed by atoms with van der Waals surface area (Å²) in [6.07, 6.45) is 0.875. The smallest absolute Gasteiger partial charge is 0.224 e. The molecule has 0 aliphatic rings. The molecular formula is C17H17N3O. The quantitative estimate of drug-likeness (QED) is 0.883.